The van der Waals surface area contributed by atoms with Crippen LogP contribution in [0.2, 0.25) is 0 Å². The number of carbonyl (C=O) groups excluding carboxylic acids is 2. The highest BCUT2D eigenvalue weighted by atomic mass is 16.5. The number of amides is 1. The van der Waals surface area contributed by atoms with E-state index in [1.807, 2.05) is 18.7 Å². The molecule has 1 aromatic rings. The van der Waals surface area contributed by atoms with Crippen molar-refractivity contribution in [2.75, 3.05) is 19.7 Å². The maximum Gasteiger partial charge on any atom is 0.309 e. The molecule has 8 heteroatoms. The summed E-state index contributed by atoms with van der Waals surface area (Å²) < 4.78 is 6.60. The molecule has 2 atom stereocenters. The van der Waals surface area contributed by atoms with Crippen LogP contribution in [0.4, 0.5) is 0 Å². The number of carbonyl (C=O) groups is 2. The van der Waals surface area contributed by atoms with E-state index in [1.54, 1.807) is 6.92 Å². The Hall–Kier alpha value is -1.99. The molecule has 0 N–H and O–H groups in total. The molecule has 2 heterocycles. The highest BCUT2D eigenvalue weighted by molar-refractivity contribution is 5.81. The number of rotatable bonds is 6. The molecule has 0 bridgehead atoms. The Morgan fingerprint density at radius 1 is 1.30 bits per heavy atom. The van der Waals surface area contributed by atoms with Gasteiger partial charge in [-0.2, -0.15) is 0 Å². The van der Waals surface area contributed by atoms with Gasteiger partial charge in [0.1, 0.15) is 12.4 Å². The van der Waals surface area contributed by atoms with Gasteiger partial charge in [-0.15, -0.1) is 5.10 Å². The summed E-state index contributed by atoms with van der Waals surface area (Å²) in [7, 11) is 0. The normalized spacial score (nSPS) is 18.5. The Kier molecular flexibility index (Phi) is 6.06. The first-order valence-electron chi connectivity index (χ1n) is 8.26. The molecule has 0 aliphatic carbocycles. The van der Waals surface area contributed by atoms with Gasteiger partial charge in [-0.3, -0.25) is 9.59 Å². The van der Waals surface area contributed by atoms with E-state index in [9.17, 15) is 9.59 Å². The monoisotopic (exact) mass is 323 g/mol. The molecule has 2 rings (SSSR count). The summed E-state index contributed by atoms with van der Waals surface area (Å²) in [5.41, 5.74) is 0. The van der Waals surface area contributed by atoms with Crippen LogP contribution in [0.1, 0.15) is 46.1 Å². The van der Waals surface area contributed by atoms with Gasteiger partial charge in [0, 0.05) is 13.1 Å². The van der Waals surface area contributed by atoms with Crippen LogP contribution in [0.3, 0.4) is 0 Å². The third kappa shape index (κ3) is 4.05. The lowest BCUT2D eigenvalue weighted by atomic mass is 9.94. The Labute approximate surface area is 136 Å². The van der Waals surface area contributed by atoms with Gasteiger partial charge in [-0.25, -0.2) is 4.68 Å². The molecule has 8 nitrogen and oxygen atoms in total. The van der Waals surface area contributed by atoms with Crippen LogP contribution in [0.5, 0.6) is 0 Å². The number of piperidine rings is 1. The van der Waals surface area contributed by atoms with Crippen molar-refractivity contribution in [3.8, 4) is 0 Å². The minimum atomic E-state index is -0.394. The number of esters is 1. The molecular formula is C15H25N5O3. The average molecular weight is 323 g/mol. The molecule has 0 unspecified atom stereocenters. The van der Waals surface area contributed by atoms with Crippen molar-refractivity contribution in [3.05, 3.63) is 6.33 Å². The van der Waals surface area contributed by atoms with Gasteiger partial charge in [0.15, 0.2) is 0 Å². The van der Waals surface area contributed by atoms with Crippen molar-refractivity contribution in [2.45, 2.75) is 46.1 Å². The summed E-state index contributed by atoms with van der Waals surface area (Å²) >= 11 is 0. The molecule has 1 aliphatic rings. The van der Waals surface area contributed by atoms with Crippen LogP contribution < -0.4 is 0 Å². The zero-order valence-electron chi connectivity index (χ0n) is 14.0. The first kappa shape index (κ1) is 17.4. The fourth-order valence-corrected chi connectivity index (χ4v) is 2.92. The maximum absolute atomic E-state index is 12.9. The Balaban J connectivity index is 2.01. The van der Waals surface area contributed by atoms with Gasteiger partial charge in [0.05, 0.1) is 12.5 Å². The predicted octanol–water partition coefficient (Wildman–Crippen LogP) is 1.06. The summed E-state index contributed by atoms with van der Waals surface area (Å²) in [6.07, 6.45) is 3.64. The van der Waals surface area contributed by atoms with Crippen LogP contribution in [-0.2, 0) is 14.3 Å². The van der Waals surface area contributed by atoms with Crippen molar-refractivity contribution in [3.63, 3.8) is 0 Å². The van der Waals surface area contributed by atoms with Gasteiger partial charge in [-0.05, 0) is 36.1 Å². The lowest BCUT2D eigenvalue weighted by Crippen LogP contribution is -2.45. The number of tetrazole rings is 1. The molecule has 1 amide bonds. The second-order valence-corrected chi connectivity index (χ2v) is 5.97. The van der Waals surface area contributed by atoms with Gasteiger partial charge < -0.3 is 9.64 Å². The van der Waals surface area contributed by atoms with E-state index in [2.05, 4.69) is 15.5 Å². The third-order valence-electron chi connectivity index (χ3n) is 4.51. The van der Waals surface area contributed by atoms with E-state index in [4.69, 9.17) is 4.74 Å². The van der Waals surface area contributed by atoms with Gasteiger partial charge >= 0.3 is 5.97 Å². The van der Waals surface area contributed by atoms with Crippen molar-refractivity contribution in [2.24, 2.45) is 11.8 Å². The minimum Gasteiger partial charge on any atom is -0.466 e. The Morgan fingerprint density at radius 2 is 2.00 bits per heavy atom. The van der Waals surface area contributed by atoms with Gasteiger partial charge in [0.25, 0.3) is 0 Å². The quantitative estimate of drug-likeness (QED) is 0.727. The highest BCUT2D eigenvalue weighted by Gasteiger charge is 2.34. The zero-order chi connectivity index (χ0) is 16.8. The molecule has 0 saturated carbocycles. The summed E-state index contributed by atoms with van der Waals surface area (Å²) in [6.45, 7) is 7.40. The number of hydrogen-bond donors (Lipinski definition) is 0. The summed E-state index contributed by atoms with van der Waals surface area (Å²) in [5, 5.41) is 11.2. The number of aromatic nitrogens is 4. The van der Waals surface area contributed by atoms with E-state index in [0.29, 0.717) is 32.5 Å². The molecule has 23 heavy (non-hydrogen) atoms. The summed E-state index contributed by atoms with van der Waals surface area (Å²) in [4.78, 5) is 26.5. The molecule has 1 aromatic heterocycles. The van der Waals surface area contributed by atoms with Crippen LogP contribution in [0, 0.1) is 11.8 Å². The van der Waals surface area contributed by atoms with Crippen LogP contribution in [0.15, 0.2) is 6.33 Å². The third-order valence-corrected chi connectivity index (χ3v) is 4.51. The topological polar surface area (TPSA) is 90.2 Å². The van der Waals surface area contributed by atoms with Gasteiger partial charge in [0.2, 0.25) is 5.91 Å². The highest BCUT2D eigenvalue weighted by Crippen LogP contribution is 2.26. The first-order valence-corrected chi connectivity index (χ1v) is 8.26. The SMILES string of the molecule is CCOC(=O)C1CCN(C(=O)[C@H]([C@@H](C)CC)n2cnnn2)CC1. The Bertz CT molecular complexity index is 511. The van der Waals surface area contributed by atoms with Crippen molar-refractivity contribution in [1.29, 1.82) is 0 Å². The van der Waals surface area contributed by atoms with E-state index >= 15 is 0 Å². The largest absolute Gasteiger partial charge is 0.466 e. The maximum atomic E-state index is 12.9. The molecule has 0 aromatic carbocycles. The summed E-state index contributed by atoms with van der Waals surface area (Å²) in [6, 6.07) is -0.394. The van der Waals surface area contributed by atoms with E-state index in [0.717, 1.165) is 6.42 Å². The molecule has 1 saturated heterocycles. The summed E-state index contributed by atoms with van der Waals surface area (Å²) in [5.74, 6) is -0.102. The second kappa shape index (κ2) is 8.03. The standard InChI is InChI=1S/C15H25N5O3/c1-4-11(3)13(20-10-16-17-18-20)14(21)19-8-6-12(7-9-19)15(22)23-5-2/h10-13H,4-9H2,1-3H3/t11-,13-/m0/s1. The van der Waals surface area contributed by atoms with Crippen LogP contribution in [-0.4, -0.2) is 56.7 Å². The smallest absolute Gasteiger partial charge is 0.309 e. The van der Waals surface area contributed by atoms with E-state index in [-0.39, 0.29) is 23.7 Å². The molecular weight excluding hydrogens is 298 g/mol. The number of nitrogens with zero attached hydrogens (tertiary/aromatic N) is 5. The lowest BCUT2D eigenvalue weighted by Gasteiger charge is -2.34. The minimum absolute atomic E-state index is 0.0222. The van der Waals surface area contributed by atoms with E-state index in [1.165, 1.54) is 11.0 Å². The fourth-order valence-electron chi connectivity index (χ4n) is 2.92. The Morgan fingerprint density at radius 3 is 2.52 bits per heavy atom. The van der Waals surface area contributed by atoms with Crippen molar-refractivity contribution >= 4 is 11.9 Å². The van der Waals surface area contributed by atoms with Gasteiger partial charge in [-0.1, -0.05) is 20.3 Å². The zero-order valence-corrected chi connectivity index (χ0v) is 14.0. The molecule has 128 valence electrons. The fraction of sp³-hybridized carbons (Fsp3) is 0.800. The first-order chi connectivity index (χ1) is 11.1. The number of hydrogen-bond acceptors (Lipinski definition) is 6. The van der Waals surface area contributed by atoms with Crippen LogP contribution in [0.25, 0.3) is 0 Å². The molecule has 0 radical (unpaired) electrons. The van der Waals surface area contributed by atoms with Crippen LogP contribution >= 0.6 is 0 Å². The van der Waals surface area contributed by atoms with Crippen molar-refractivity contribution < 1.29 is 14.3 Å². The average Bonchev–Trinajstić information content (AvgIpc) is 3.09. The molecule has 1 aliphatic heterocycles. The second-order valence-electron chi connectivity index (χ2n) is 5.97. The molecule has 0 spiro atoms. The number of ether oxygens (including phenoxy) is 1. The number of likely N-dealkylation sites (tertiary alicyclic amines) is 1. The predicted molar refractivity (Wildman–Crippen MR) is 82.2 cm³/mol. The van der Waals surface area contributed by atoms with E-state index < -0.39 is 6.04 Å². The molecule has 1 fully saturated rings. The lowest BCUT2D eigenvalue weighted by molar-refractivity contribution is -0.152. The van der Waals surface area contributed by atoms with Crippen molar-refractivity contribution in [1.82, 2.24) is 25.1 Å².